The molecule has 0 aliphatic rings. The summed E-state index contributed by atoms with van der Waals surface area (Å²) in [6.07, 6.45) is 0.268. The van der Waals surface area contributed by atoms with Gasteiger partial charge >= 0.3 is 29.6 Å². The molecule has 1 heterocycles. The van der Waals surface area contributed by atoms with Gasteiger partial charge in [-0.05, 0) is 47.3 Å². The maximum atomic E-state index is 12.4. The number of aromatic carboxylic acids is 1. The van der Waals surface area contributed by atoms with E-state index in [1.165, 1.54) is 29.5 Å². The van der Waals surface area contributed by atoms with Crippen molar-refractivity contribution in [2.75, 3.05) is 10.6 Å². The zero-order valence-electron chi connectivity index (χ0n) is 15.1. The number of carboxylic acid groups (broad SMARTS) is 1. The van der Waals surface area contributed by atoms with Gasteiger partial charge in [0.05, 0.1) is 12.4 Å². The molecular weight excluding hydrogens is 387 g/mol. The van der Waals surface area contributed by atoms with Crippen molar-refractivity contribution in [2.45, 2.75) is 6.42 Å². The molecule has 0 saturated carbocycles. The third kappa shape index (κ3) is 6.03. The number of nitrogens with one attached hydrogen (secondary N) is 2. The first kappa shape index (κ1) is 21.8. The molecule has 0 fully saturated rings. The third-order valence-corrected chi connectivity index (χ3v) is 4.56. The van der Waals surface area contributed by atoms with Crippen molar-refractivity contribution < 1.29 is 49.0 Å². The molecule has 6 nitrogen and oxygen atoms in total. The normalized spacial score (nSPS) is 9.86. The predicted octanol–water partition coefficient (Wildman–Crippen LogP) is -0.451. The van der Waals surface area contributed by atoms with E-state index in [9.17, 15) is 19.5 Å². The summed E-state index contributed by atoms with van der Waals surface area (Å²) in [7, 11) is 0. The van der Waals surface area contributed by atoms with Crippen LogP contribution in [0.3, 0.4) is 0 Å². The number of carbonyl (C=O) groups excluding carboxylic acids is 3. The van der Waals surface area contributed by atoms with Gasteiger partial charge in [0, 0.05) is 21.8 Å². The first-order valence-corrected chi connectivity index (χ1v) is 8.94. The topological polar surface area (TPSA) is 98.3 Å². The smallest absolute Gasteiger partial charge is 0.545 e. The molecule has 0 saturated heterocycles. The molecular formula is C20H15N2NaO4S. The monoisotopic (exact) mass is 402 g/mol. The average Bonchev–Trinajstić information content (AvgIpc) is 3.15. The molecule has 2 amide bonds. The number of hydrogen-bond acceptors (Lipinski definition) is 5. The third-order valence-electron chi connectivity index (χ3n) is 3.68. The molecule has 3 aromatic rings. The van der Waals surface area contributed by atoms with Crippen LogP contribution in [-0.4, -0.2) is 17.8 Å². The summed E-state index contributed by atoms with van der Waals surface area (Å²) in [6, 6.07) is 16.1. The minimum atomic E-state index is -1.32. The minimum absolute atomic E-state index is 0. The molecule has 0 aliphatic carbocycles. The molecule has 136 valence electrons. The molecule has 0 radical (unpaired) electrons. The Bertz CT molecular complexity index is 989. The van der Waals surface area contributed by atoms with Crippen molar-refractivity contribution in [3.63, 3.8) is 0 Å². The van der Waals surface area contributed by atoms with E-state index in [1.54, 1.807) is 30.3 Å². The van der Waals surface area contributed by atoms with E-state index in [1.807, 2.05) is 17.5 Å². The Hall–Kier alpha value is -2.45. The summed E-state index contributed by atoms with van der Waals surface area (Å²) in [4.78, 5) is 36.4. The summed E-state index contributed by atoms with van der Waals surface area (Å²) >= 11 is 1.50. The molecule has 2 N–H and O–H groups in total. The second-order valence-corrected chi connectivity index (χ2v) is 6.74. The quantitative estimate of drug-likeness (QED) is 0.546. The van der Waals surface area contributed by atoms with E-state index >= 15 is 0 Å². The Kier molecular flexibility index (Phi) is 7.95. The zero-order valence-corrected chi connectivity index (χ0v) is 17.9. The van der Waals surface area contributed by atoms with E-state index in [4.69, 9.17) is 0 Å². The number of rotatable bonds is 6. The first-order valence-electron chi connectivity index (χ1n) is 8.06. The number of amides is 2. The number of thiophene rings is 1. The van der Waals surface area contributed by atoms with E-state index < -0.39 is 11.9 Å². The van der Waals surface area contributed by atoms with Gasteiger partial charge in [0.2, 0.25) is 5.91 Å². The largest absolute Gasteiger partial charge is 1.00 e. The maximum Gasteiger partial charge on any atom is 1.00 e. The molecule has 8 heteroatoms. The van der Waals surface area contributed by atoms with Gasteiger partial charge in [-0.25, -0.2) is 0 Å². The van der Waals surface area contributed by atoms with Crippen molar-refractivity contribution in [3.8, 4) is 0 Å². The SMILES string of the molecule is O=C(Cc1cccs1)Nc1cccc(C(=O)Nc2cccc(C(=O)[O-])c2)c1.[Na+]. The zero-order chi connectivity index (χ0) is 19.2. The number of carbonyl (C=O) groups is 3. The summed E-state index contributed by atoms with van der Waals surface area (Å²) in [6.45, 7) is 0. The van der Waals surface area contributed by atoms with E-state index in [2.05, 4.69) is 10.6 Å². The van der Waals surface area contributed by atoms with Crippen molar-refractivity contribution in [1.29, 1.82) is 0 Å². The van der Waals surface area contributed by atoms with Crippen LogP contribution in [0, 0.1) is 0 Å². The second kappa shape index (κ2) is 10.2. The van der Waals surface area contributed by atoms with E-state index in [0.29, 0.717) is 16.9 Å². The molecule has 0 bridgehead atoms. The number of hydrogen-bond donors (Lipinski definition) is 2. The summed E-state index contributed by atoms with van der Waals surface area (Å²) < 4.78 is 0. The van der Waals surface area contributed by atoms with Crippen molar-refractivity contribution in [2.24, 2.45) is 0 Å². The molecule has 0 spiro atoms. The summed E-state index contributed by atoms with van der Waals surface area (Å²) in [5, 5.41) is 18.2. The van der Waals surface area contributed by atoms with Gasteiger partial charge in [-0.1, -0.05) is 24.3 Å². The van der Waals surface area contributed by atoms with Crippen LogP contribution >= 0.6 is 11.3 Å². The summed E-state index contributed by atoms with van der Waals surface area (Å²) in [5.74, 6) is -1.90. The molecule has 3 rings (SSSR count). The first-order chi connectivity index (χ1) is 13.0. The van der Waals surface area contributed by atoms with Gasteiger partial charge < -0.3 is 20.5 Å². The van der Waals surface area contributed by atoms with Gasteiger partial charge in [0.15, 0.2) is 0 Å². The van der Waals surface area contributed by atoms with Crippen LogP contribution in [-0.2, 0) is 11.2 Å². The number of benzene rings is 2. The number of carboxylic acids is 1. The fourth-order valence-corrected chi connectivity index (χ4v) is 3.15. The van der Waals surface area contributed by atoms with Crippen LogP contribution in [0.15, 0.2) is 66.0 Å². The van der Waals surface area contributed by atoms with Gasteiger partial charge in [0.1, 0.15) is 0 Å². The second-order valence-electron chi connectivity index (χ2n) is 5.71. The Morgan fingerprint density at radius 3 is 2.14 bits per heavy atom. The van der Waals surface area contributed by atoms with Crippen molar-refractivity contribution >= 4 is 40.5 Å². The standard InChI is InChI=1S/C20H16N2O4S.Na/c23-18(12-17-8-3-9-27-17)21-15-6-1-4-13(10-15)19(24)22-16-7-2-5-14(11-16)20(25)26;/h1-11H,12H2,(H,21,23)(H,22,24)(H,25,26);/q;+1/p-1. The van der Waals surface area contributed by atoms with Crippen molar-refractivity contribution in [1.82, 2.24) is 0 Å². The van der Waals surface area contributed by atoms with Gasteiger partial charge in [-0.2, -0.15) is 0 Å². The number of anilines is 2. The van der Waals surface area contributed by atoms with Gasteiger partial charge in [-0.15, -0.1) is 11.3 Å². The van der Waals surface area contributed by atoms with E-state index in [0.717, 1.165) is 4.88 Å². The molecule has 0 aliphatic heterocycles. The van der Waals surface area contributed by atoms with Crippen LogP contribution in [0.2, 0.25) is 0 Å². The van der Waals surface area contributed by atoms with E-state index in [-0.39, 0.29) is 47.4 Å². The Labute approximate surface area is 187 Å². The molecule has 0 atom stereocenters. The van der Waals surface area contributed by atoms with Crippen LogP contribution in [0.5, 0.6) is 0 Å². The van der Waals surface area contributed by atoms with Gasteiger partial charge in [-0.3, -0.25) is 9.59 Å². The maximum absolute atomic E-state index is 12.4. The molecule has 1 aromatic heterocycles. The average molecular weight is 402 g/mol. The molecule has 0 unspecified atom stereocenters. The molecule has 2 aromatic carbocycles. The van der Waals surface area contributed by atoms with Crippen molar-refractivity contribution in [3.05, 3.63) is 82.0 Å². The van der Waals surface area contributed by atoms with Crippen LogP contribution in [0.25, 0.3) is 0 Å². The fraction of sp³-hybridized carbons (Fsp3) is 0.0500. The fourth-order valence-electron chi connectivity index (χ4n) is 2.44. The minimum Gasteiger partial charge on any atom is -0.545 e. The Balaban J connectivity index is 0.00000280. The van der Waals surface area contributed by atoms with Crippen LogP contribution < -0.4 is 45.3 Å². The Morgan fingerprint density at radius 1 is 0.857 bits per heavy atom. The van der Waals surface area contributed by atoms with Gasteiger partial charge in [0.25, 0.3) is 5.91 Å². The molecule has 28 heavy (non-hydrogen) atoms. The summed E-state index contributed by atoms with van der Waals surface area (Å²) in [5.41, 5.74) is 1.16. The predicted molar refractivity (Wildman–Crippen MR) is 102 cm³/mol. The van der Waals surface area contributed by atoms with Crippen LogP contribution in [0.1, 0.15) is 25.6 Å². The Morgan fingerprint density at radius 2 is 1.50 bits per heavy atom. The van der Waals surface area contributed by atoms with Crippen LogP contribution in [0.4, 0.5) is 11.4 Å².